The zero-order chi connectivity index (χ0) is 17.8. The largest absolute Gasteiger partial charge is 0.356 e. The van der Waals surface area contributed by atoms with Gasteiger partial charge in [0.25, 0.3) is 0 Å². The molecule has 2 aromatic carbocycles. The molecule has 1 aliphatic rings. The number of amides is 2. The van der Waals surface area contributed by atoms with Crippen LogP contribution in [-0.2, 0) is 16.0 Å². The monoisotopic (exact) mass is 360 g/mol. The fourth-order valence-electron chi connectivity index (χ4n) is 2.72. The maximum atomic E-state index is 13.5. The maximum absolute atomic E-state index is 13.5. The molecule has 2 N–H and O–H groups in total. The Hall–Kier alpha value is -2.40. The lowest BCUT2D eigenvalue weighted by atomic mass is 10.1. The topological polar surface area (TPSA) is 58.2 Å². The molecular formula is C19H18ClFN2O2. The van der Waals surface area contributed by atoms with Crippen molar-refractivity contribution < 1.29 is 14.0 Å². The lowest BCUT2D eigenvalue weighted by molar-refractivity contribution is -0.125. The van der Waals surface area contributed by atoms with Gasteiger partial charge in [-0.2, -0.15) is 0 Å². The predicted molar refractivity (Wildman–Crippen MR) is 94.8 cm³/mol. The predicted octanol–water partition coefficient (Wildman–Crippen LogP) is 3.41. The summed E-state index contributed by atoms with van der Waals surface area (Å²) < 4.78 is 13.5. The van der Waals surface area contributed by atoms with E-state index in [9.17, 15) is 14.0 Å². The van der Waals surface area contributed by atoms with Gasteiger partial charge in [0.05, 0.1) is 17.5 Å². The summed E-state index contributed by atoms with van der Waals surface area (Å²) in [5.74, 6) is -1.69. The molecule has 2 amide bonds. The summed E-state index contributed by atoms with van der Waals surface area (Å²) in [7, 11) is 0. The highest BCUT2D eigenvalue weighted by atomic mass is 35.5. The van der Waals surface area contributed by atoms with E-state index < -0.39 is 11.7 Å². The van der Waals surface area contributed by atoms with Crippen LogP contribution < -0.4 is 10.6 Å². The van der Waals surface area contributed by atoms with Crippen LogP contribution in [0.4, 0.5) is 10.1 Å². The lowest BCUT2D eigenvalue weighted by Gasteiger charge is -2.07. The minimum Gasteiger partial charge on any atom is -0.356 e. The van der Waals surface area contributed by atoms with Crippen LogP contribution in [0.1, 0.15) is 12.0 Å². The molecule has 1 saturated carbocycles. The van der Waals surface area contributed by atoms with Crippen LogP contribution in [0.15, 0.2) is 48.5 Å². The first-order chi connectivity index (χ1) is 12.0. The number of para-hydroxylation sites is 1. The van der Waals surface area contributed by atoms with Crippen LogP contribution in [0.5, 0.6) is 0 Å². The van der Waals surface area contributed by atoms with Gasteiger partial charge in [-0.05, 0) is 42.7 Å². The third-order valence-corrected chi connectivity index (χ3v) is 4.43. The third kappa shape index (κ3) is 4.57. The van der Waals surface area contributed by atoms with E-state index >= 15 is 0 Å². The summed E-state index contributed by atoms with van der Waals surface area (Å²) in [5, 5.41) is 6.04. The molecule has 4 nitrogen and oxygen atoms in total. The van der Waals surface area contributed by atoms with Gasteiger partial charge >= 0.3 is 0 Å². The molecule has 25 heavy (non-hydrogen) atoms. The first kappa shape index (κ1) is 17.4. The normalized spacial score (nSPS) is 18.5. The van der Waals surface area contributed by atoms with Gasteiger partial charge in [-0.1, -0.05) is 35.9 Å². The van der Waals surface area contributed by atoms with Crippen molar-refractivity contribution in [2.24, 2.45) is 11.8 Å². The molecule has 3 rings (SSSR count). The zero-order valence-corrected chi connectivity index (χ0v) is 14.2. The van der Waals surface area contributed by atoms with Crippen LogP contribution in [0.3, 0.4) is 0 Å². The van der Waals surface area contributed by atoms with Crippen molar-refractivity contribution in [2.75, 3.05) is 11.9 Å². The molecule has 6 heteroatoms. The number of halogens is 2. The van der Waals surface area contributed by atoms with Crippen molar-refractivity contribution in [1.29, 1.82) is 0 Å². The molecule has 0 bridgehead atoms. The van der Waals surface area contributed by atoms with E-state index in [0.29, 0.717) is 24.4 Å². The van der Waals surface area contributed by atoms with Gasteiger partial charge in [-0.15, -0.1) is 0 Å². The van der Waals surface area contributed by atoms with Gasteiger partial charge in [-0.25, -0.2) is 4.39 Å². The minimum atomic E-state index is -0.487. The van der Waals surface area contributed by atoms with Crippen molar-refractivity contribution in [3.63, 3.8) is 0 Å². The molecule has 0 aromatic heterocycles. The SMILES string of the molecule is O=C(NCCc1cccc(Cl)c1)C1CC1C(=O)Nc1ccccc1F. The van der Waals surface area contributed by atoms with Gasteiger partial charge in [0.15, 0.2) is 0 Å². The van der Waals surface area contributed by atoms with Crippen molar-refractivity contribution in [3.8, 4) is 0 Å². The first-order valence-electron chi connectivity index (χ1n) is 8.12. The van der Waals surface area contributed by atoms with E-state index in [1.54, 1.807) is 18.2 Å². The highest BCUT2D eigenvalue weighted by Crippen LogP contribution is 2.39. The van der Waals surface area contributed by atoms with Gasteiger partial charge < -0.3 is 10.6 Å². The molecule has 1 fully saturated rings. The molecule has 0 spiro atoms. The second kappa shape index (κ2) is 7.66. The minimum absolute atomic E-state index is 0.138. The third-order valence-electron chi connectivity index (χ3n) is 4.20. The average molecular weight is 361 g/mol. The highest BCUT2D eigenvalue weighted by Gasteiger charge is 2.47. The Kier molecular flexibility index (Phi) is 5.34. The second-order valence-corrected chi connectivity index (χ2v) is 6.53. The van der Waals surface area contributed by atoms with Crippen LogP contribution in [0.2, 0.25) is 5.02 Å². The van der Waals surface area contributed by atoms with E-state index in [2.05, 4.69) is 10.6 Å². The summed E-state index contributed by atoms with van der Waals surface area (Å²) in [6.45, 7) is 0.483. The molecule has 0 saturated heterocycles. The van der Waals surface area contributed by atoms with Crippen LogP contribution in [-0.4, -0.2) is 18.4 Å². The van der Waals surface area contributed by atoms with E-state index in [-0.39, 0.29) is 23.4 Å². The Balaban J connectivity index is 1.44. The maximum Gasteiger partial charge on any atom is 0.228 e. The van der Waals surface area contributed by atoms with Crippen LogP contribution in [0, 0.1) is 17.7 Å². The summed E-state index contributed by atoms with van der Waals surface area (Å²) >= 11 is 5.92. The molecule has 2 atom stereocenters. The van der Waals surface area contributed by atoms with Gasteiger partial charge in [0, 0.05) is 11.6 Å². The second-order valence-electron chi connectivity index (χ2n) is 6.09. The molecule has 2 unspecified atom stereocenters. The molecular weight excluding hydrogens is 343 g/mol. The highest BCUT2D eigenvalue weighted by molar-refractivity contribution is 6.30. The van der Waals surface area contributed by atoms with Crippen molar-refractivity contribution in [1.82, 2.24) is 5.32 Å². The fourth-order valence-corrected chi connectivity index (χ4v) is 2.93. The van der Waals surface area contributed by atoms with Gasteiger partial charge in [0.1, 0.15) is 5.82 Å². The number of nitrogens with one attached hydrogen (secondary N) is 2. The standard InChI is InChI=1S/C19H18ClFN2O2/c20-13-5-3-4-12(10-13)8-9-22-18(24)14-11-15(14)19(25)23-17-7-2-1-6-16(17)21/h1-7,10,14-15H,8-9,11H2,(H,22,24)(H,23,25). The Labute approximate surface area is 150 Å². The molecule has 2 aromatic rings. The number of carbonyl (C=O) groups excluding carboxylic acids is 2. The van der Waals surface area contributed by atoms with Crippen molar-refractivity contribution in [3.05, 3.63) is 64.9 Å². The van der Waals surface area contributed by atoms with Crippen molar-refractivity contribution in [2.45, 2.75) is 12.8 Å². The summed E-state index contributed by atoms with van der Waals surface area (Å²) in [6.07, 6.45) is 1.16. The quantitative estimate of drug-likeness (QED) is 0.829. The smallest absolute Gasteiger partial charge is 0.228 e. The number of hydrogen-bond acceptors (Lipinski definition) is 2. The fraction of sp³-hybridized carbons (Fsp3) is 0.263. The van der Waals surface area contributed by atoms with Crippen molar-refractivity contribution >= 4 is 29.1 Å². The average Bonchev–Trinajstić information content (AvgIpc) is 3.38. The Morgan fingerprint density at radius 3 is 2.60 bits per heavy atom. The zero-order valence-electron chi connectivity index (χ0n) is 13.5. The summed E-state index contributed by atoms with van der Waals surface area (Å²) in [5.41, 5.74) is 1.18. The number of hydrogen-bond donors (Lipinski definition) is 2. The summed E-state index contributed by atoms with van der Waals surface area (Å²) in [6, 6.07) is 13.4. The van der Waals surface area contributed by atoms with Crippen LogP contribution >= 0.6 is 11.6 Å². The molecule has 0 radical (unpaired) electrons. The molecule has 1 aliphatic carbocycles. The van der Waals surface area contributed by atoms with Gasteiger partial charge in [-0.3, -0.25) is 9.59 Å². The molecule has 0 aliphatic heterocycles. The van der Waals surface area contributed by atoms with Crippen LogP contribution in [0.25, 0.3) is 0 Å². The van der Waals surface area contributed by atoms with Gasteiger partial charge in [0.2, 0.25) is 11.8 Å². The Bertz CT molecular complexity index is 796. The van der Waals surface area contributed by atoms with E-state index in [1.165, 1.54) is 12.1 Å². The summed E-state index contributed by atoms with van der Waals surface area (Å²) in [4.78, 5) is 24.2. The molecule has 0 heterocycles. The Morgan fingerprint density at radius 2 is 1.84 bits per heavy atom. The number of carbonyl (C=O) groups is 2. The number of anilines is 1. The van der Waals surface area contributed by atoms with E-state index in [4.69, 9.17) is 11.6 Å². The number of benzene rings is 2. The van der Waals surface area contributed by atoms with E-state index in [1.807, 2.05) is 18.2 Å². The van der Waals surface area contributed by atoms with E-state index in [0.717, 1.165) is 5.56 Å². The Morgan fingerprint density at radius 1 is 1.08 bits per heavy atom. The number of rotatable bonds is 6. The lowest BCUT2D eigenvalue weighted by Crippen LogP contribution is -2.29. The first-order valence-corrected chi connectivity index (χ1v) is 8.50. The molecule has 130 valence electrons.